The van der Waals surface area contributed by atoms with Gasteiger partial charge in [-0.3, -0.25) is 19.5 Å². The highest BCUT2D eigenvalue weighted by Crippen LogP contribution is 2.36. The van der Waals surface area contributed by atoms with E-state index in [9.17, 15) is 19.7 Å². The van der Waals surface area contributed by atoms with E-state index in [0.29, 0.717) is 38.5 Å². The summed E-state index contributed by atoms with van der Waals surface area (Å²) >= 11 is 1.24. The number of aromatic nitrogens is 1. The van der Waals surface area contributed by atoms with Gasteiger partial charge in [0.2, 0.25) is 0 Å². The van der Waals surface area contributed by atoms with Crippen molar-refractivity contribution in [3.63, 3.8) is 0 Å². The smallest absolute Gasteiger partial charge is 0.338 e. The molecule has 11 heteroatoms. The molecule has 1 atom stereocenters. The third kappa shape index (κ3) is 7.25. The number of hydrogen-bond donors (Lipinski definition) is 0. The number of nitro groups is 1. The van der Waals surface area contributed by atoms with Crippen LogP contribution in [0.1, 0.15) is 56.0 Å². The van der Waals surface area contributed by atoms with Crippen LogP contribution in [0, 0.1) is 10.1 Å². The standard InChI is InChI=1S/C36H35N3O7S/c1-6-10-26-19-25(15-18-29(26)45-21-24-13-16-27(17-14-24)39(42)43)20-31-34(40)38-33(28-11-8-9-12-30(28)46-22(3)4)32(35(41)44-7-2)23(5)37-36(38)47-31/h6,8-9,11-20,22,33H,1,7,10,21H2,2-5H3/b31-20+/t33-/m1/s1. The van der Waals surface area contributed by atoms with Gasteiger partial charge in [-0.05, 0) is 87.2 Å². The molecule has 0 unspecified atom stereocenters. The SMILES string of the molecule is C=CCc1cc(/C=c2/sc3n(c2=O)[C@H](c2ccccc2OC(C)C)C(C(=O)OCC)=C(C)N=3)ccc1OCc1ccc([N+](=O)[O-])cc1. The Morgan fingerprint density at radius 3 is 2.55 bits per heavy atom. The van der Waals surface area contributed by atoms with E-state index in [1.165, 1.54) is 23.5 Å². The number of para-hydroxylation sites is 1. The molecule has 0 bridgehead atoms. The van der Waals surface area contributed by atoms with E-state index in [4.69, 9.17) is 14.2 Å². The van der Waals surface area contributed by atoms with Gasteiger partial charge >= 0.3 is 5.97 Å². The molecule has 0 amide bonds. The van der Waals surface area contributed by atoms with Crippen LogP contribution in [0.3, 0.4) is 0 Å². The molecule has 2 heterocycles. The van der Waals surface area contributed by atoms with Gasteiger partial charge < -0.3 is 14.2 Å². The van der Waals surface area contributed by atoms with Crippen molar-refractivity contribution in [2.45, 2.75) is 52.9 Å². The molecule has 242 valence electrons. The molecule has 1 aliphatic rings. The Kier molecular flexibility index (Phi) is 10.2. The van der Waals surface area contributed by atoms with Crippen LogP contribution in [0.4, 0.5) is 5.69 Å². The highest BCUT2D eigenvalue weighted by atomic mass is 32.1. The number of nitro benzene ring substituents is 1. The molecular formula is C36H35N3O7S. The Morgan fingerprint density at radius 1 is 1.13 bits per heavy atom. The van der Waals surface area contributed by atoms with Gasteiger partial charge in [0.15, 0.2) is 4.80 Å². The summed E-state index contributed by atoms with van der Waals surface area (Å²) in [7, 11) is 0. The van der Waals surface area contributed by atoms with Crippen molar-refractivity contribution in [3.05, 3.63) is 143 Å². The summed E-state index contributed by atoms with van der Waals surface area (Å²) in [5.41, 5.74) is 3.57. The second kappa shape index (κ2) is 14.4. The van der Waals surface area contributed by atoms with Gasteiger partial charge in [0.25, 0.3) is 11.2 Å². The minimum Gasteiger partial charge on any atom is -0.491 e. The number of ether oxygens (including phenoxy) is 3. The number of benzene rings is 3. The van der Waals surface area contributed by atoms with E-state index in [-0.39, 0.29) is 36.1 Å². The minimum atomic E-state index is -0.797. The molecule has 0 aliphatic carbocycles. The van der Waals surface area contributed by atoms with Gasteiger partial charge in [-0.1, -0.05) is 41.7 Å². The van der Waals surface area contributed by atoms with Crippen molar-refractivity contribution in [1.29, 1.82) is 0 Å². The zero-order chi connectivity index (χ0) is 33.7. The highest BCUT2D eigenvalue weighted by Gasteiger charge is 2.35. The van der Waals surface area contributed by atoms with Crippen LogP contribution in [0.5, 0.6) is 11.5 Å². The molecule has 10 nitrogen and oxygen atoms in total. The predicted molar refractivity (Wildman–Crippen MR) is 180 cm³/mol. The monoisotopic (exact) mass is 653 g/mol. The fraction of sp³-hybridized carbons (Fsp3) is 0.250. The molecule has 0 radical (unpaired) electrons. The summed E-state index contributed by atoms with van der Waals surface area (Å²) in [6.07, 6.45) is 3.96. The first-order chi connectivity index (χ1) is 22.6. The second-order valence-corrected chi connectivity index (χ2v) is 12.1. The topological polar surface area (TPSA) is 122 Å². The van der Waals surface area contributed by atoms with Gasteiger partial charge in [-0.25, -0.2) is 9.79 Å². The van der Waals surface area contributed by atoms with Crippen LogP contribution in [0.15, 0.2) is 100 Å². The van der Waals surface area contributed by atoms with Crippen molar-refractivity contribution in [3.8, 4) is 11.5 Å². The zero-order valence-corrected chi connectivity index (χ0v) is 27.4. The maximum atomic E-state index is 14.2. The molecule has 3 aromatic carbocycles. The normalized spacial score (nSPS) is 14.4. The Hall–Kier alpha value is -5.29. The van der Waals surface area contributed by atoms with Crippen LogP contribution in [-0.2, 0) is 22.6 Å². The molecule has 0 N–H and O–H groups in total. The Bertz CT molecular complexity index is 2040. The average Bonchev–Trinajstić information content (AvgIpc) is 3.34. The third-order valence-electron chi connectivity index (χ3n) is 7.38. The molecule has 1 aromatic heterocycles. The second-order valence-electron chi connectivity index (χ2n) is 11.1. The molecule has 1 aliphatic heterocycles. The van der Waals surface area contributed by atoms with Crippen molar-refractivity contribution >= 4 is 29.1 Å². The number of carbonyl (C=O) groups is 1. The lowest BCUT2D eigenvalue weighted by Gasteiger charge is -2.26. The van der Waals surface area contributed by atoms with Gasteiger partial charge in [-0.15, -0.1) is 6.58 Å². The van der Waals surface area contributed by atoms with Crippen molar-refractivity contribution in [2.24, 2.45) is 4.99 Å². The lowest BCUT2D eigenvalue weighted by molar-refractivity contribution is -0.384. The van der Waals surface area contributed by atoms with E-state index in [1.54, 1.807) is 42.7 Å². The molecule has 0 fully saturated rings. The molecule has 5 rings (SSSR count). The molecule has 47 heavy (non-hydrogen) atoms. The van der Waals surface area contributed by atoms with Gasteiger partial charge in [0, 0.05) is 17.7 Å². The maximum Gasteiger partial charge on any atom is 0.338 e. The lowest BCUT2D eigenvalue weighted by Crippen LogP contribution is -2.40. The molecular weight excluding hydrogens is 618 g/mol. The number of carbonyl (C=O) groups excluding carboxylic acids is 1. The van der Waals surface area contributed by atoms with Crippen LogP contribution < -0.4 is 24.4 Å². The summed E-state index contributed by atoms with van der Waals surface area (Å²) < 4.78 is 19.6. The van der Waals surface area contributed by atoms with Crippen LogP contribution >= 0.6 is 11.3 Å². The first-order valence-corrected chi connectivity index (χ1v) is 16.0. The zero-order valence-electron chi connectivity index (χ0n) is 26.6. The van der Waals surface area contributed by atoms with Crippen molar-refractivity contribution in [1.82, 2.24) is 4.57 Å². The molecule has 0 saturated carbocycles. The minimum absolute atomic E-state index is 0.0161. The van der Waals surface area contributed by atoms with Crippen molar-refractivity contribution in [2.75, 3.05) is 6.61 Å². The summed E-state index contributed by atoms with van der Waals surface area (Å²) in [5.74, 6) is 0.668. The first kappa shape index (κ1) is 33.1. The fourth-order valence-corrected chi connectivity index (χ4v) is 6.37. The number of esters is 1. The van der Waals surface area contributed by atoms with E-state index in [0.717, 1.165) is 16.7 Å². The number of thiazole rings is 1. The third-order valence-corrected chi connectivity index (χ3v) is 8.36. The van der Waals surface area contributed by atoms with Crippen LogP contribution in [-0.4, -0.2) is 28.2 Å². The summed E-state index contributed by atoms with van der Waals surface area (Å²) in [5, 5.41) is 11.0. The number of hydrogen-bond acceptors (Lipinski definition) is 9. The molecule has 0 saturated heterocycles. The van der Waals surface area contributed by atoms with Crippen LogP contribution in [0.25, 0.3) is 6.08 Å². The predicted octanol–water partition coefficient (Wildman–Crippen LogP) is 5.80. The molecule has 0 spiro atoms. The van der Waals surface area contributed by atoms with Gasteiger partial charge in [0.05, 0.1) is 33.4 Å². The number of fused-ring (bicyclic) bond motifs is 1. The number of non-ortho nitro benzene ring substituents is 1. The van der Waals surface area contributed by atoms with E-state index in [1.807, 2.05) is 56.3 Å². The van der Waals surface area contributed by atoms with Gasteiger partial charge in [-0.2, -0.15) is 0 Å². The quantitative estimate of drug-likeness (QED) is 0.0820. The summed E-state index contributed by atoms with van der Waals surface area (Å²) in [6.45, 7) is 11.6. The van der Waals surface area contributed by atoms with E-state index >= 15 is 0 Å². The Labute approximate surface area is 275 Å². The maximum absolute atomic E-state index is 14.2. The summed E-state index contributed by atoms with van der Waals surface area (Å²) in [4.78, 5) is 43.1. The van der Waals surface area contributed by atoms with Crippen LogP contribution in [0.2, 0.25) is 0 Å². The van der Waals surface area contributed by atoms with Gasteiger partial charge in [0.1, 0.15) is 24.1 Å². The Morgan fingerprint density at radius 2 is 1.87 bits per heavy atom. The average molecular weight is 654 g/mol. The first-order valence-electron chi connectivity index (χ1n) is 15.2. The fourth-order valence-electron chi connectivity index (χ4n) is 5.32. The number of allylic oxidation sites excluding steroid dienone is 2. The lowest BCUT2D eigenvalue weighted by atomic mass is 9.95. The van der Waals surface area contributed by atoms with E-state index in [2.05, 4.69) is 11.6 Å². The Balaban J connectivity index is 1.55. The summed E-state index contributed by atoms with van der Waals surface area (Å²) in [6, 6.07) is 18.4. The largest absolute Gasteiger partial charge is 0.491 e. The van der Waals surface area contributed by atoms with E-state index < -0.39 is 16.9 Å². The number of rotatable bonds is 12. The highest BCUT2D eigenvalue weighted by molar-refractivity contribution is 7.07. The number of nitrogens with zero attached hydrogens (tertiary/aromatic N) is 3. The van der Waals surface area contributed by atoms with Crippen molar-refractivity contribution < 1.29 is 23.9 Å². The molecule has 4 aromatic rings.